The van der Waals surface area contributed by atoms with Crippen LogP contribution in [0.1, 0.15) is 37.7 Å². The van der Waals surface area contributed by atoms with Gasteiger partial charge in [0.1, 0.15) is 17.8 Å². The fraction of sp³-hybridized carbons (Fsp3) is 0.444. The Morgan fingerprint density at radius 1 is 1.05 bits per heavy atom. The summed E-state index contributed by atoms with van der Waals surface area (Å²) in [5.41, 5.74) is 1.43. The van der Waals surface area contributed by atoms with E-state index in [2.05, 4.69) is 15.6 Å². The number of benzene rings is 1. The Bertz CT molecular complexity index is 1210. The summed E-state index contributed by atoms with van der Waals surface area (Å²) in [7, 11) is 1.73. The number of pyridine rings is 1. The maximum atomic E-state index is 13.3. The molecule has 13 heteroatoms. The number of rotatable bonds is 12. The Labute approximate surface area is 233 Å². The van der Waals surface area contributed by atoms with Gasteiger partial charge in [-0.2, -0.15) is 0 Å². The Morgan fingerprint density at radius 2 is 1.73 bits per heavy atom. The Morgan fingerprint density at radius 3 is 2.30 bits per heavy atom. The molecule has 1 aliphatic rings. The average molecular weight is 554 g/mol. The first kappa shape index (κ1) is 30.7. The number of carboxylic acid groups (broad SMARTS) is 1. The fourth-order valence-corrected chi connectivity index (χ4v) is 4.38. The van der Waals surface area contributed by atoms with Crippen molar-refractivity contribution in [1.29, 1.82) is 0 Å². The Kier molecular flexibility index (Phi) is 10.4. The first-order valence-corrected chi connectivity index (χ1v) is 13.0. The molecule has 1 aliphatic heterocycles. The molecule has 3 rings (SSSR count). The highest BCUT2D eigenvalue weighted by Crippen LogP contribution is 2.22. The molecule has 0 spiro atoms. The number of aliphatic hydroxyl groups is 1. The molecule has 4 N–H and O–H groups in total. The number of nitrogens with zero attached hydrogens (tertiary/aromatic N) is 2. The highest BCUT2D eigenvalue weighted by atomic mass is 16.7. The van der Waals surface area contributed by atoms with Crippen LogP contribution < -0.4 is 10.6 Å². The van der Waals surface area contributed by atoms with E-state index in [1.807, 2.05) is 44.2 Å². The van der Waals surface area contributed by atoms with Gasteiger partial charge in [-0.25, -0.2) is 4.98 Å². The normalized spacial score (nSPS) is 18.1. The van der Waals surface area contributed by atoms with E-state index >= 15 is 0 Å². The van der Waals surface area contributed by atoms with Crippen molar-refractivity contribution >= 4 is 30.9 Å². The molecule has 2 heterocycles. The van der Waals surface area contributed by atoms with Crippen LogP contribution in [0.2, 0.25) is 0 Å². The van der Waals surface area contributed by atoms with Gasteiger partial charge in [0.2, 0.25) is 5.91 Å². The number of carboxylic acids is 1. The minimum absolute atomic E-state index is 0.0142. The van der Waals surface area contributed by atoms with Crippen molar-refractivity contribution in [2.75, 3.05) is 14.1 Å². The maximum absolute atomic E-state index is 13.3. The van der Waals surface area contributed by atoms with Gasteiger partial charge in [-0.05, 0) is 45.5 Å². The van der Waals surface area contributed by atoms with E-state index in [0.717, 1.165) is 5.56 Å². The van der Waals surface area contributed by atoms with E-state index in [1.54, 1.807) is 12.1 Å². The van der Waals surface area contributed by atoms with Gasteiger partial charge in [0, 0.05) is 5.56 Å². The topological polar surface area (TPSA) is 167 Å². The number of likely N-dealkylation sites (N-methyl/N-ethyl adjacent to an activating group) is 1. The molecule has 0 radical (unpaired) electrons. The zero-order valence-electron chi connectivity index (χ0n) is 23.1. The molecule has 12 nitrogen and oxygen atoms in total. The number of nitrogens with one attached hydrogen (secondary N) is 2. The summed E-state index contributed by atoms with van der Waals surface area (Å²) < 4.78 is 11.0. The van der Waals surface area contributed by atoms with E-state index < -0.39 is 61.1 Å². The van der Waals surface area contributed by atoms with Gasteiger partial charge in [-0.1, -0.05) is 50.2 Å². The number of hydrogen-bond acceptors (Lipinski definition) is 9. The van der Waals surface area contributed by atoms with Gasteiger partial charge < -0.3 is 30.2 Å². The van der Waals surface area contributed by atoms with Crippen LogP contribution in [0.3, 0.4) is 0 Å². The quantitative estimate of drug-likeness (QED) is 0.275. The van der Waals surface area contributed by atoms with Crippen LogP contribution in [-0.4, -0.2) is 95.3 Å². The largest absolute Gasteiger partial charge is 0.552 e. The molecule has 0 saturated carbocycles. The summed E-state index contributed by atoms with van der Waals surface area (Å²) in [5, 5.41) is 25.2. The summed E-state index contributed by atoms with van der Waals surface area (Å²) in [6, 6.07) is 11.5. The van der Waals surface area contributed by atoms with Crippen molar-refractivity contribution in [1.82, 2.24) is 20.5 Å². The van der Waals surface area contributed by atoms with Crippen LogP contribution in [0.4, 0.5) is 0 Å². The number of aliphatic carboxylic acids is 1. The van der Waals surface area contributed by atoms with E-state index in [1.165, 1.54) is 32.0 Å². The zero-order valence-corrected chi connectivity index (χ0v) is 23.1. The standard InChI is InChI=1S/C27H35BN4O8/c1-15(2)14-20(28-39-23(27(38)40-28)22(26(36)37)32(4)5)30-25(35)21(16(3)33)31-24(34)19-13-9-12-18(29-19)17-10-7-6-8-11-17/h6-13,15-16,20-23,33H,14H2,1-5H3,(H,30,35)(H,31,34)(H,36,37)/t16-,20+,21+,22?,23?/m1/s1. The number of hydrogen-bond donors (Lipinski definition) is 4. The van der Waals surface area contributed by atoms with Crippen molar-refractivity contribution in [2.45, 2.75) is 57.4 Å². The molecule has 214 valence electrons. The molecule has 2 amide bonds. The van der Waals surface area contributed by atoms with Crippen molar-refractivity contribution in [3.63, 3.8) is 0 Å². The number of carbonyl (C=O) groups excluding carboxylic acids is 3. The molecule has 0 aliphatic carbocycles. The smallest absolute Gasteiger partial charge is 0.506 e. The van der Waals surface area contributed by atoms with E-state index in [-0.39, 0.29) is 11.6 Å². The lowest BCUT2D eigenvalue weighted by molar-refractivity contribution is -0.151. The van der Waals surface area contributed by atoms with Crippen molar-refractivity contribution in [3.8, 4) is 11.3 Å². The van der Waals surface area contributed by atoms with E-state index in [4.69, 9.17) is 9.31 Å². The first-order chi connectivity index (χ1) is 18.9. The second kappa shape index (κ2) is 13.5. The van der Waals surface area contributed by atoms with Crippen LogP contribution in [0.15, 0.2) is 48.5 Å². The number of aliphatic hydroxyl groups excluding tert-OH is 1. The highest BCUT2D eigenvalue weighted by molar-refractivity contribution is 6.51. The van der Waals surface area contributed by atoms with Crippen LogP contribution in [0, 0.1) is 5.92 Å². The Balaban J connectivity index is 1.76. The Hall–Kier alpha value is -3.81. The van der Waals surface area contributed by atoms with Crippen LogP contribution in [0.25, 0.3) is 11.3 Å². The van der Waals surface area contributed by atoms with Crippen LogP contribution in [-0.2, 0) is 23.7 Å². The summed E-state index contributed by atoms with van der Waals surface area (Å²) in [4.78, 5) is 56.3. The fourth-order valence-electron chi connectivity index (χ4n) is 4.38. The third-order valence-corrected chi connectivity index (χ3v) is 6.33. The number of amides is 2. The molecule has 2 aromatic rings. The number of aromatic nitrogens is 1. The minimum atomic E-state index is -1.40. The second-order valence-electron chi connectivity index (χ2n) is 10.3. The molecule has 2 unspecified atom stereocenters. The van der Waals surface area contributed by atoms with Gasteiger partial charge >= 0.3 is 19.1 Å². The lowest BCUT2D eigenvalue weighted by Gasteiger charge is -2.27. The van der Waals surface area contributed by atoms with Gasteiger partial charge in [0.05, 0.1) is 17.7 Å². The SMILES string of the molecule is CC(C)C[C@H](NC(=O)[C@@H](NC(=O)c1cccc(-c2ccccc2)n1)[C@@H](C)O)B1OC(=O)C(C(C(=O)O)N(C)C)O1. The van der Waals surface area contributed by atoms with Crippen molar-refractivity contribution in [3.05, 3.63) is 54.2 Å². The van der Waals surface area contributed by atoms with Crippen LogP contribution >= 0.6 is 0 Å². The summed E-state index contributed by atoms with van der Waals surface area (Å²) in [6.07, 6.45) is -2.39. The molecule has 5 atom stereocenters. The average Bonchev–Trinajstić information content (AvgIpc) is 3.27. The van der Waals surface area contributed by atoms with E-state index in [0.29, 0.717) is 12.1 Å². The molecule has 1 aromatic heterocycles. The maximum Gasteiger partial charge on any atom is 0.552 e. The minimum Gasteiger partial charge on any atom is -0.506 e. The van der Waals surface area contributed by atoms with Crippen LogP contribution in [0.5, 0.6) is 0 Å². The van der Waals surface area contributed by atoms with Crippen molar-refractivity contribution < 1.29 is 38.7 Å². The molecule has 40 heavy (non-hydrogen) atoms. The molecular formula is C27H35BN4O8. The monoisotopic (exact) mass is 554 g/mol. The third-order valence-electron chi connectivity index (χ3n) is 6.33. The zero-order chi connectivity index (χ0) is 29.6. The third kappa shape index (κ3) is 7.65. The van der Waals surface area contributed by atoms with Gasteiger partial charge in [0.25, 0.3) is 5.91 Å². The molecular weight excluding hydrogens is 519 g/mol. The predicted molar refractivity (Wildman–Crippen MR) is 146 cm³/mol. The lowest BCUT2D eigenvalue weighted by Crippen LogP contribution is -2.58. The van der Waals surface area contributed by atoms with Crippen molar-refractivity contribution in [2.24, 2.45) is 5.92 Å². The van der Waals surface area contributed by atoms with Gasteiger partial charge in [0.15, 0.2) is 6.10 Å². The molecule has 1 saturated heterocycles. The summed E-state index contributed by atoms with van der Waals surface area (Å²) in [6.45, 7) is 5.12. The predicted octanol–water partition coefficient (Wildman–Crippen LogP) is 0.743. The lowest BCUT2D eigenvalue weighted by atomic mass is 9.74. The number of carbonyl (C=O) groups is 4. The summed E-state index contributed by atoms with van der Waals surface area (Å²) >= 11 is 0. The van der Waals surface area contributed by atoms with Gasteiger partial charge in [-0.15, -0.1) is 0 Å². The molecule has 1 aromatic carbocycles. The highest BCUT2D eigenvalue weighted by Gasteiger charge is 2.51. The van der Waals surface area contributed by atoms with Gasteiger partial charge in [-0.3, -0.25) is 24.1 Å². The summed E-state index contributed by atoms with van der Waals surface area (Å²) in [5.74, 6) is -4.40. The first-order valence-electron chi connectivity index (χ1n) is 13.0. The molecule has 1 fully saturated rings. The van der Waals surface area contributed by atoms with E-state index in [9.17, 15) is 29.4 Å². The molecule has 0 bridgehead atoms. The second-order valence-corrected chi connectivity index (χ2v) is 10.3.